The van der Waals surface area contributed by atoms with E-state index in [0.29, 0.717) is 23.9 Å². The smallest absolute Gasteiger partial charge is 0.255 e. The standard InChI is InChI=1S/C24H30N4O2/c1-17-9-11-25-18(2)22(17)24(30)28-15-20-13-27(14-21(20)16-28)12-6-10-26-23(29)19-7-4-3-5-8-19/h3-5,7-9,11,20-21H,6,10,12-16H2,1-2H3,(H,26,29). The van der Waals surface area contributed by atoms with E-state index in [1.54, 1.807) is 6.20 Å². The van der Waals surface area contributed by atoms with Crippen molar-refractivity contribution in [2.75, 3.05) is 39.3 Å². The summed E-state index contributed by atoms with van der Waals surface area (Å²) in [6.45, 7) is 9.29. The Morgan fingerprint density at radius 3 is 2.40 bits per heavy atom. The molecule has 2 aromatic rings. The number of amides is 2. The highest BCUT2D eigenvalue weighted by Gasteiger charge is 2.41. The fourth-order valence-electron chi connectivity index (χ4n) is 4.81. The van der Waals surface area contributed by atoms with E-state index in [9.17, 15) is 9.59 Å². The molecular formula is C24H30N4O2. The zero-order valence-electron chi connectivity index (χ0n) is 17.8. The summed E-state index contributed by atoms with van der Waals surface area (Å²) in [5.74, 6) is 1.21. The Labute approximate surface area is 178 Å². The van der Waals surface area contributed by atoms with Crippen LogP contribution >= 0.6 is 0 Å². The Morgan fingerprint density at radius 2 is 1.73 bits per heavy atom. The largest absolute Gasteiger partial charge is 0.352 e. The lowest BCUT2D eigenvalue weighted by Gasteiger charge is -2.22. The molecule has 0 radical (unpaired) electrons. The highest BCUT2D eigenvalue weighted by Crippen LogP contribution is 2.32. The predicted molar refractivity (Wildman–Crippen MR) is 116 cm³/mol. The molecule has 2 aliphatic heterocycles. The van der Waals surface area contributed by atoms with Crippen LogP contribution in [0.3, 0.4) is 0 Å². The third-order valence-corrected chi connectivity index (χ3v) is 6.38. The molecule has 0 spiro atoms. The Morgan fingerprint density at radius 1 is 1.03 bits per heavy atom. The van der Waals surface area contributed by atoms with Crippen molar-refractivity contribution < 1.29 is 9.59 Å². The summed E-state index contributed by atoms with van der Waals surface area (Å²) in [5, 5.41) is 3.00. The SMILES string of the molecule is Cc1ccnc(C)c1C(=O)N1CC2CN(CCCNC(=O)c3ccccc3)CC2C1. The van der Waals surface area contributed by atoms with Crippen LogP contribution in [0, 0.1) is 25.7 Å². The van der Waals surface area contributed by atoms with Crippen molar-refractivity contribution in [3.63, 3.8) is 0 Å². The van der Waals surface area contributed by atoms with Gasteiger partial charge in [0, 0.05) is 44.5 Å². The summed E-state index contributed by atoms with van der Waals surface area (Å²) in [6, 6.07) is 11.2. The quantitative estimate of drug-likeness (QED) is 0.749. The number of pyridine rings is 1. The van der Waals surface area contributed by atoms with Crippen LogP contribution in [0.15, 0.2) is 42.6 Å². The zero-order chi connectivity index (χ0) is 21.1. The van der Waals surface area contributed by atoms with Gasteiger partial charge in [-0.1, -0.05) is 18.2 Å². The van der Waals surface area contributed by atoms with Gasteiger partial charge < -0.3 is 15.1 Å². The molecule has 2 atom stereocenters. The maximum absolute atomic E-state index is 13.0. The summed E-state index contributed by atoms with van der Waals surface area (Å²) >= 11 is 0. The molecule has 0 aliphatic carbocycles. The molecule has 4 rings (SSSR count). The summed E-state index contributed by atoms with van der Waals surface area (Å²) in [7, 11) is 0. The lowest BCUT2D eigenvalue weighted by atomic mass is 10.0. The number of fused-ring (bicyclic) bond motifs is 1. The number of likely N-dealkylation sites (tertiary alicyclic amines) is 2. The first-order chi connectivity index (χ1) is 14.5. The number of rotatable bonds is 6. The monoisotopic (exact) mass is 406 g/mol. The van der Waals surface area contributed by atoms with Crippen LogP contribution in [0.25, 0.3) is 0 Å². The number of nitrogens with zero attached hydrogens (tertiary/aromatic N) is 3. The third-order valence-electron chi connectivity index (χ3n) is 6.38. The maximum atomic E-state index is 13.0. The van der Waals surface area contributed by atoms with Crippen LogP contribution in [-0.4, -0.2) is 65.9 Å². The van der Waals surface area contributed by atoms with Crippen molar-refractivity contribution in [3.05, 3.63) is 65.0 Å². The number of aromatic nitrogens is 1. The van der Waals surface area contributed by atoms with Crippen molar-refractivity contribution in [1.29, 1.82) is 0 Å². The molecule has 1 N–H and O–H groups in total. The molecule has 30 heavy (non-hydrogen) atoms. The van der Waals surface area contributed by atoms with E-state index in [0.717, 1.165) is 56.0 Å². The molecule has 2 saturated heterocycles. The predicted octanol–water partition coefficient (Wildman–Crippen LogP) is 2.52. The molecule has 0 bridgehead atoms. The summed E-state index contributed by atoms with van der Waals surface area (Å²) in [6.07, 6.45) is 2.70. The van der Waals surface area contributed by atoms with Gasteiger partial charge in [-0.2, -0.15) is 0 Å². The molecule has 0 saturated carbocycles. The number of benzene rings is 1. The van der Waals surface area contributed by atoms with Gasteiger partial charge in [0.15, 0.2) is 0 Å². The lowest BCUT2D eigenvalue weighted by Crippen LogP contribution is -2.35. The van der Waals surface area contributed by atoms with Crippen LogP contribution in [-0.2, 0) is 0 Å². The van der Waals surface area contributed by atoms with Gasteiger partial charge in [-0.25, -0.2) is 0 Å². The minimum absolute atomic E-state index is 0.0102. The Kier molecular flexibility index (Phi) is 6.13. The Bertz CT molecular complexity index is 880. The number of aryl methyl sites for hydroxylation is 2. The van der Waals surface area contributed by atoms with Crippen molar-refractivity contribution in [3.8, 4) is 0 Å². The molecule has 2 unspecified atom stereocenters. The molecule has 1 aromatic heterocycles. The molecule has 6 nitrogen and oxygen atoms in total. The average Bonchev–Trinajstić information content (AvgIpc) is 3.30. The minimum Gasteiger partial charge on any atom is -0.352 e. The topological polar surface area (TPSA) is 65.5 Å². The molecule has 2 fully saturated rings. The highest BCUT2D eigenvalue weighted by molar-refractivity contribution is 5.96. The van der Waals surface area contributed by atoms with Crippen LogP contribution in [0.5, 0.6) is 0 Å². The molecular weight excluding hydrogens is 376 g/mol. The summed E-state index contributed by atoms with van der Waals surface area (Å²) < 4.78 is 0. The third kappa shape index (κ3) is 4.38. The van der Waals surface area contributed by atoms with Crippen molar-refractivity contribution >= 4 is 11.8 Å². The van der Waals surface area contributed by atoms with Gasteiger partial charge in [-0.15, -0.1) is 0 Å². The van der Waals surface area contributed by atoms with Gasteiger partial charge in [0.25, 0.3) is 11.8 Å². The first-order valence-corrected chi connectivity index (χ1v) is 10.8. The first kappa shape index (κ1) is 20.5. The van der Waals surface area contributed by atoms with E-state index in [2.05, 4.69) is 15.2 Å². The van der Waals surface area contributed by atoms with Crippen LogP contribution < -0.4 is 5.32 Å². The van der Waals surface area contributed by atoms with E-state index < -0.39 is 0 Å². The number of hydrogen-bond acceptors (Lipinski definition) is 4. The van der Waals surface area contributed by atoms with Crippen LogP contribution in [0.4, 0.5) is 0 Å². The maximum Gasteiger partial charge on any atom is 0.255 e. The van der Waals surface area contributed by atoms with Gasteiger partial charge >= 0.3 is 0 Å². The van der Waals surface area contributed by atoms with Crippen molar-refractivity contribution in [2.45, 2.75) is 20.3 Å². The molecule has 3 heterocycles. The van der Waals surface area contributed by atoms with Crippen molar-refractivity contribution in [2.24, 2.45) is 11.8 Å². The molecule has 158 valence electrons. The zero-order valence-corrected chi connectivity index (χ0v) is 17.8. The second-order valence-electron chi connectivity index (χ2n) is 8.55. The number of nitrogens with one attached hydrogen (secondary N) is 1. The van der Waals surface area contributed by atoms with E-state index >= 15 is 0 Å². The number of carbonyl (C=O) groups is 2. The van der Waals surface area contributed by atoms with Gasteiger partial charge in [-0.3, -0.25) is 14.6 Å². The Hall–Kier alpha value is -2.73. The number of hydrogen-bond donors (Lipinski definition) is 1. The molecule has 2 aliphatic rings. The van der Waals surface area contributed by atoms with Crippen molar-refractivity contribution in [1.82, 2.24) is 20.1 Å². The fraction of sp³-hybridized carbons (Fsp3) is 0.458. The van der Waals surface area contributed by atoms with Crippen LogP contribution in [0.1, 0.15) is 38.4 Å². The second kappa shape index (κ2) is 8.96. The normalized spacial score (nSPS) is 20.9. The van der Waals surface area contributed by atoms with E-state index in [4.69, 9.17) is 0 Å². The van der Waals surface area contributed by atoms with Gasteiger partial charge in [0.05, 0.1) is 11.3 Å². The van der Waals surface area contributed by atoms with E-state index in [1.165, 1.54) is 0 Å². The minimum atomic E-state index is -0.0102. The molecule has 6 heteroatoms. The molecule has 1 aromatic carbocycles. The second-order valence-corrected chi connectivity index (χ2v) is 8.55. The highest BCUT2D eigenvalue weighted by atomic mass is 16.2. The summed E-state index contributed by atoms with van der Waals surface area (Å²) in [4.78, 5) is 33.9. The van der Waals surface area contributed by atoms with Gasteiger partial charge in [0.1, 0.15) is 0 Å². The fourth-order valence-corrected chi connectivity index (χ4v) is 4.81. The average molecular weight is 407 g/mol. The summed E-state index contributed by atoms with van der Waals surface area (Å²) in [5.41, 5.74) is 3.29. The lowest BCUT2D eigenvalue weighted by molar-refractivity contribution is 0.0772. The van der Waals surface area contributed by atoms with Gasteiger partial charge in [-0.05, 0) is 62.4 Å². The molecule has 2 amide bonds. The number of carbonyl (C=O) groups excluding carboxylic acids is 2. The Balaban J connectivity index is 1.21. The van der Waals surface area contributed by atoms with Gasteiger partial charge in [0.2, 0.25) is 0 Å². The van der Waals surface area contributed by atoms with E-state index in [1.807, 2.05) is 55.1 Å². The van der Waals surface area contributed by atoms with Crippen LogP contribution in [0.2, 0.25) is 0 Å². The first-order valence-electron chi connectivity index (χ1n) is 10.8. The van der Waals surface area contributed by atoms with E-state index in [-0.39, 0.29) is 11.8 Å².